The number of ketones is 1. The Bertz CT molecular complexity index is 1020. The van der Waals surface area contributed by atoms with Crippen molar-refractivity contribution < 1.29 is 9.90 Å². The molecule has 1 aromatic heterocycles. The van der Waals surface area contributed by atoms with Crippen molar-refractivity contribution in [2.45, 2.75) is 103 Å². The van der Waals surface area contributed by atoms with Gasteiger partial charge >= 0.3 is 0 Å². The number of aliphatic hydroxyl groups is 1. The number of rotatable bonds is 8. The minimum atomic E-state index is -0.435. The molecular formula is C28H39N3O2. The fraction of sp³-hybridized carbons (Fsp3) is 0.679. The van der Waals surface area contributed by atoms with Crippen molar-refractivity contribution in [1.29, 1.82) is 0 Å². The van der Waals surface area contributed by atoms with E-state index in [1.54, 1.807) is 0 Å². The van der Waals surface area contributed by atoms with Gasteiger partial charge in [0.15, 0.2) is 0 Å². The van der Waals surface area contributed by atoms with Crippen LogP contribution in [0.15, 0.2) is 18.2 Å². The van der Waals surface area contributed by atoms with Crippen molar-refractivity contribution in [3.8, 4) is 0 Å². The molecule has 0 bridgehead atoms. The Morgan fingerprint density at radius 3 is 2.48 bits per heavy atom. The van der Waals surface area contributed by atoms with Gasteiger partial charge in [0.05, 0.1) is 6.10 Å². The summed E-state index contributed by atoms with van der Waals surface area (Å²) in [6.45, 7) is 8.77. The lowest BCUT2D eigenvalue weighted by Crippen LogP contribution is -2.27. The quantitative estimate of drug-likeness (QED) is 0.583. The first-order chi connectivity index (χ1) is 15.8. The van der Waals surface area contributed by atoms with E-state index in [4.69, 9.17) is 10.2 Å². The molecule has 3 saturated carbocycles. The second-order valence-corrected chi connectivity index (χ2v) is 11.6. The summed E-state index contributed by atoms with van der Waals surface area (Å²) in [7, 11) is 0. The molecule has 178 valence electrons. The molecule has 5 rings (SSSR count). The van der Waals surface area contributed by atoms with Gasteiger partial charge in [0, 0.05) is 30.2 Å². The van der Waals surface area contributed by atoms with Crippen LogP contribution in [0, 0.1) is 31.6 Å². The average molecular weight is 450 g/mol. The summed E-state index contributed by atoms with van der Waals surface area (Å²) in [5.41, 5.74) is 3.48. The number of aromatic nitrogens is 3. The number of Topliss-reactive ketones (excluding diaryl/α,β-unsaturated/α-hetero) is 1. The number of benzene rings is 1. The molecule has 1 N–H and O–H groups in total. The predicted octanol–water partition coefficient (Wildman–Crippen LogP) is 5.44. The van der Waals surface area contributed by atoms with E-state index in [-0.39, 0.29) is 17.6 Å². The summed E-state index contributed by atoms with van der Waals surface area (Å²) >= 11 is 0. The maximum absolute atomic E-state index is 13.5. The molecule has 3 aliphatic carbocycles. The molecule has 0 saturated heterocycles. The normalized spacial score (nSPS) is 29.5. The molecule has 0 unspecified atom stereocenters. The van der Waals surface area contributed by atoms with E-state index in [2.05, 4.69) is 50.5 Å². The zero-order valence-electron chi connectivity index (χ0n) is 20.6. The van der Waals surface area contributed by atoms with Crippen molar-refractivity contribution in [1.82, 2.24) is 14.8 Å². The van der Waals surface area contributed by atoms with E-state index in [1.807, 2.05) is 0 Å². The summed E-state index contributed by atoms with van der Waals surface area (Å²) in [6, 6.07) is 6.79. The lowest BCUT2D eigenvalue weighted by atomic mass is 9.71. The minimum Gasteiger partial charge on any atom is -0.393 e. The van der Waals surface area contributed by atoms with E-state index < -0.39 is 6.10 Å². The maximum Gasteiger partial charge on any atom is 0.141 e. The third-order valence-corrected chi connectivity index (χ3v) is 8.21. The van der Waals surface area contributed by atoms with Gasteiger partial charge in [-0.3, -0.25) is 4.79 Å². The molecule has 33 heavy (non-hydrogen) atoms. The standard InChI is InChI=1S/C28H39N3O2/c1-16(2)9-19-11-21(12-19)27-29-30-28(31(27)22-7-8-22)25-15-23(32)14-24(25)26(33)13-20-6-5-17(3)10-18(20)4/h5-6,10,16,19,21-25,32H,7-9,11-15H2,1-4H3/t19?,21?,23-,24+,25+/m1/s1. The topological polar surface area (TPSA) is 68.0 Å². The number of carbonyl (C=O) groups is 1. The number of hydrogen-bond donors (Lipinski definition) is 1. The monoisotopic (exact) mass is 449 g/mol. The number of aryl methyl sites for hydroxylation is 2. The van der Waals surface area contributed by atoms with Crippen molar-refractivity contribution in [2.24, 2.45) is 17.8 Å². The molecule has 5 heteroatoms. The molecule has 0 amide bonds. The molecule has 3 aliphatic rings. The summed E-state index contributed by atoms with van der Waals surface area (Å²) in [5, 5.41) is 20.0. The molecule has 3 fully saturated rings. The van der Waals surface area contributed by atoms with Crippen LogP contribution in [-0.4, -0.2) is 31.8 Å². The molecule has 1 aromatic carbocycles. The van der Waals surface area contributed by atoms with Crippen LogP contribution in [0.1, 0.15) is 105 Å². The number of hydrogen-bond acceptors (Lipinski definition) is 4. The highest BCUT2D eigenvalue weighted by molar-refractivity contribution is 5.84. The molecule has 1 heterocycles. The Morgan fingerprint density at radius 1 is 1.09 bits per heavy atom. The fourth-order valence-electron chi connectivity index (χ4n) is 6.37. The first kappa shape index (κ1) is 22.8. The average Bonchev–Trinajstić information content (AvgIpc) is 3.35. The summed E-state index contributed by atoms with van der Waals surface area (Å²) in [6.07, 6.45) is 7.24. The van der Waals surface area contributed by atoms with E-state index in [1.165, 1.54) is 43.2 Å². The maximum atomic E-state index is 13.5. The van der Waals surface area contributed by atoms with Crippen LogP contribution < -0.4 is 0 Å². The third kappa shape index (κ3) is 4.66. The predicted molar refractivity (Wildman–Crippen MR) is 129 cm³/mol. The first-order valence-electron chi connectivity index (χ1n) is 13.0. The summed E-state index contributed by atoms with van der Waals surface area (Å²) in [5.74, 6) is 4.21. The largest absolute Gasteiger partial charge is 0.393 e. The zero-order valence-corrected chi connectivity index (χ0v) is 20.6. The lowest BCUT2D eigenvalue weighted by molar-refractivity contribution is -0.122. The van der Waals surface area contributed by atoms with Crippen LogP contribution in [0.5, 0.6) is 0 Å². The second kappa shape index (κ2) is 8.98. The van der Waals surface area contributed by atoms with Crippen LogP contribution in [0.3, 0.4) is 0 Å². The molecular weight excluding hydrogens is 410 g/mol. The molecule has 0 aliphatic heterocycles. The zero-order chi connectivity index (χ0) is 23.3. The smallest absolute Gasteiger partial charge is 0.141 e. The molecule has 3 atom stereocenters. The van der Waals surface area contributed by atoms with Crippen molar-refractivity contribution >= 4 is 5.78 Å². The second-order valence-electron chi connectivity index (χ2n) is 11.6. The van der Waals surface area contributed by atoms with Crippen LogP contribution >= 0.6 is 0 Å². The van der Waals surface area contributed by atoms with Crippen molar-refractivity contribution in [3.05, 3.63) is 46.5 Å². The number of carbonyl (C=O) groups excluding carboxylic acids is 1. The lowest BCUT2D eigenvalue weighted by Gasteiger charge is -2.36. The van der Waals surface area contributed by atoms with Gasteiger partial charge in [0.1, 0.15) is 17.4 Å². The van der Waals surface area contributed by atoms with Gasteiger partial charge < -0.3 is 9.67 Å². The van der Waals surface area contributed by atoms with E-state index in [0.717, 1.165) is 29.0 Å². The molecule has 5 nitrogen and oxygen atoms in total. The highest BCUT2D eigenvalue weighted by Crippen LogP contribution is 2.49. The minimum absolute atomic E-state index is 0.0216. The highest BCUT2D eigenvalue weighted by Gasteiger charge is 2.45. The summed E-state index contributed by atoms with van der Waals surface area (Å²) < 4.78 is 2.40. The van der Waals surface area contributed by atoms with E-state index in [9.17, 15) is 9.90 Å². The number of aliphatic hydroxyl groups excluding tert-OH is 1. The van der Waals surface area contributed by atoms with Gasteiger partial charge in [-0.15, -0.1) is 10.2 Å². The Balaban J connectivity index is 1.36. The Labute approximate surface area is 198 Å². The van der Waals surface area contributed by atoms with Gasteiger partial charge in [-0.25, -0.2) is 0 Å². The van der Waals surface area contributed by atoms with Crippen LogP contribution in [0.4, 0.5) is 0 Å². The van der Waals surface area contributed by atoms with Crippen LogP contribution in [-0.2, 0) is 11.2 Å². The van der Waals surface area contributed by atoms with E-state index in [0.29, 0.717) is 31.2 Å². The molecule has 0 radical (unpaired) electrons. The van der Waals surface area contributed by atoms with Gasteiger partial charge in [0.2, 0.25) is 0 Å². The van der Waals surface area contributed by atoms with Gasteiger partial charge in [-0.2, -0.15) is 0 Å². The molecule has 0 spiro atoms. The first-order valence-corrected chi connectivity index (χ1v) is 13.0. The Morgan fingerprint density at radius 2 is 1.82 bits per heavy atom. The van der Waals surface area contributed by atoms with Crippen molar-refractivity contribution in [2.75, 3.05) is 0 Å². The molecule has 2 aromatic rings. The third-order valence-electron chi connectivity index (χ3n) is 8.21. The van der Waals surface area contributed by atoms with E-state index >= 15 is 0 Å². The highest BCUT2D eigenvalue weighted by atomic mass is 16.3. The van der Waals surface area contributed by atoms with Crippen molar-refractivity contribution in [3.63, 3.8) is 0 Å². The van der Waals surface area contributed by atoms with Gasteiger partial charge in [0.25, 0.3) is 0 Å². The fourth-order valence-corrected chi connectivity index (χ4v) is 6.37. The number of nitrogens with zero attached hydrogens (tertiary/aromatic N) is 3. The van der Waals surface area contributed by atoms with Gasteiger partial charge in [-0.1, -0.05) is 37.6 Å². The van der Waals surface area contributed by atoms with Crippen LogP contribution in [0.25, 0.3) is 0 Å². The Kier molecular flexibility index (Phi) is 6.19. The Hall–Kier alpha value is -2.01. The van der Waals surface area contributed by atoms with Crippen LogP contribution in [0.2, 0.25) is 0 Å². The van der Waals surface area contributed by atoms with Gasteiger partial charge in [-0.05, 0) is 81.8 Å². The summed E-state index contributed by atoms with van der Waals surface area (Å²) in [4.78, 5) is 13.5. The SMILES string of the molecule is Cc1ccc(CC(=O)[C@H]2C[C@@H](O)C[C@@H]2c2nnc(C3CC(CC(C)C)C3)n2C2CC2)c(C)c1.